The minimum atomic E-state index is -0.336. The van der Waals surface area contributed by atoms with Crippen molar-refractivity contribution in [1.29, 1.82) is 0 Å². The molecule has 5 heteroatoms. The first kappa shape index (κ1) is 12.5. The van der Waals surface area contributed by atoms with E-state index in [0.717, 1.165) is 12.2 Å². The van der Waals surface area contributed by atoms with Crippen LogP contribution in [0, 0.1) is 0 Å². The lowest BCUT2D eigenvalue weighted by atomic mass is 9.75. The van der Waals surface area contributed by atoms with E-state index in [9.17, 15) is 0 Å². The second-order valence-corrected chi connectivity index (χ2v) is 5.21. The maximum Gasteiger partial charge on any atom is 0.0949 e. The number of hydrogen-bond acceptors (Lipinski definition) is 4. The predicted octanol–water partition coefficient (Wildman–Crippen LogP) is 0.359. The molecule has 1 aliphatic rings. The van der Waals surface area contributed by atoms with Gasteiger partial charge in [-0.05, 0) is 33.4 Å². The molecule has 0 aromatic carbocycles. The van der Waals surface area contributed by atoms with Gasteiger partial charge in [-0.2, -0.15) is 0 Å². The van der Waals surface area contributed by atoms with Gasteiger partial charge in [0.1, 0.15) is 0 Å². The van der Waals surface area contributed by atoms with E-state index in [1.165, 1.54) is 19.3 Å². The molecule has 0 saturated heterocycles. The van der Waals surface area contributed by atoms with Gasteiger partial charge < -0.3 is 20.3 Å². The van der Waals surface area contributed by atoms with Gasteiger partial charge >= 0.3 is 0 Å². The summed E-state index contributed by atoms with van der Waals surface area (Å²) in [6.45, 7) is 0.865. The Labute approximate surface area is 102 Å². The Hall–Kier alpha value is -0.910. The van der Waals surface area contributed by atoms with Crippen molar-refractivity contribution in [3.8, 4) is 0 Å². The van der Waals surface area contributed by atoms with Gasteiger partial charge in [0.15, 0.2) is 0 Å². The Morgan fingerprint density at radius 2 is 2.29 bits per heavy atom. The molecule has 1 saturated carbocycles. The van der Waals surface area contributed by atoms with Crippen LogP contribution in [0.4, 0.5) is 0 Å². The molecule has 1 unspecified atom stereocenters. The molecule has 1 aromatic rings. The number of aliphatic hydroxyl groups excluding tert-OH is 1. The van der Waals surface area contributed by atoms with Crippen LogP contribution in [-0.2, 0) is 6.54 Å². The maximum atomic E-state index is 9.13. The predicted molar refractivity (Wildman–Crippen MR) is 66.5 cm³/mol. The fourth-order valence-electron chi connectivity index (χ4n) is 2.51. The van der Waals surface area contributed by atoms with Crippen LogP contribution in [-0.4, -0.2) is 45.8 Å². The molecule has 1 atom stereocenters. The third-order valence-corrected chi connectivity index (χ3v) is 4.02. The van der Waals surface area contributed by atoms with Crippen LogP contribution in [0.3, 0.4) is 0 Å². The van der Waals surface area contributed by atoms with Crippen LogP contribution in [0.5, 0.6) is 0 Å². The largest absolute Gasteiger partial charge is 0.394 e. The number of likely N-dealkylation sites (N-methyl/N-ethyl adjacent to an activating group) is 1. The summed E-state index contributed by atoms with van der Waals surface area (Å²) in [6, 6.07) is -0.336. The van der Waals surface area contributed by atoms with Crippen molar-refractivity contribution in [2.75, 3.05) is 20.7 Å². The van der Waals surface area contributed by atoms with Crippen LogP contribution in [0.1, 0.15) is 31.0 Å². The summed E-state index contributed by atoms with van der Waals surface area (Å²) in [5.74, 6) is 0. The summed E-state index contributed by atoms with van der Waals surface area (Å²) in [5.41, 5.74) is 7.03. The van der Waals surface area contributed by atoms with E-state index in [4.69, 9.17) is 10.8 Å². The number of hydrogen-bond donors (Lipinski definition) is 2. The normalized spacial score (nSPS) is 20.3. The minimum absolute atomic E-state index is 0.0410. The zero-order valence-electron chi connectivity index (χ0n) is 10.6. The zero-order chi connectivity index (χ0) is 12.5. The van der Waals surface area contributed by atoms with Gasteiger partial charge in [-0.25, -0.2) is 4.98 Å². The molecule has 1 aliphatic carbocycles. The Balaban J connectivity index is 2.15. The van der Waals surface area contributed by atoms with E-state index in [0.29, 0.717) is 0 Å². The lowest BCUT2D eigenvalue weighted by Gasteiger charge is -2.47. The second kappa shape index (κ2) is 4.76. The van der Waals surface area contributed by atoms with Gasteiger partial charge in [0.2, 0.25) is 0 Å². The number of aromatic nitrogens is 2. The third kappa shape index (κ3) is 2.22. The molecule has 0 radical (unpaired) electrons. The van der Waals surface area contributed by atoms with Crippen LogP contribution in [0.15, 0.2) is 12.5 Å². The summed E-state index contributed by atoms with van der Waals surface area (Å²) >= 11 is 0. The number of imidazole rings is 1. The molecule has 1 fully saturated rings. The Bertz CT molecular complexity index is 370. The molecule has 1 aromatic heterocycles. The molecule has 0 bridgehead atoms. The summed E-state index contributed by atoms with van der Waals surface area (Å²) in [7, 11) is 4.25. The molecule has 0 spiro atoms. The van der Waals surface area contributed by atoms with Gasteiger partial charge in [0.05, 0.1) is 24.7 Å². The topological polar surface area (TPSA) is 67.3 Å². The lowest BCUT2D eigenvalue weighted by Crippen LogP contribution is -2.53. The third-order valence-electron chi connectivity index (χ3n) is 4.02. The van der Waals surface area contributed by atoms with Crippen molar-refractivity contribution < 1.29 is 5.11 Å². The highest BCUT2D eigenvalue weighted by molar-refractivity contribution is 5.07. The first-order valence-corrected chi connectivity index (χ1v) is 6.13. The molecule has 5 nitrogen and oxygen atoms in total. The SMILES string of the molecule is CN(C)C1(Cn2cncc2C(N)CO)CCC1. The van der Waals surface area contributed by atoms with E-state index >= 15 is 0 Å². The maximum absolute atomic E-state index is 9.13. The van der Waals surface area contributed by atoms with Gasteiger partial charge in [0.25, 0.3) is 0 Å². The number of nitrogens with zero attached hydrogens (tertiary/aromatic N) is 3. The Kier molecular flexibility index (Phi) is 3.51. The number of rotatable bonds is 5. The smallest absolute Gasteiger partial charge is 0.0949 e. The summed E-state index contributed by atoms with van der Waals surface area (Å²) < 4.78 is 2.08. The number of aliphatic hydroxyl groups is 1. The Morgan fingerprint density at radius 1 is 1.59 bits per heavy atom. The zero-order valence-corrected chi connectivity index (χ0v) is 10.6. The van der Waals surface area contributed by atoms with Crippen molar-refractivity contribution >= 4 is 0 Å². The van der Waals surface area contributed by atoms with Crippen molar-refractivity contribution in [3.63, 3.8) is 0 Å². The monoisotopic (exact) mass is 238 g/mol. The van der Waals surface area contributed by atoms with Gasteiger partial charge in [-0.1, -0.05) is 0 Å². The van der Waals surface area contributed by atoms with Crippen LogP contribution in [0.2, 0.25) is 0 Å². The average molecular weight is 238 g/mol. The fourth-order valence-corrected chi connectivity index (χ4v) is 2.51. The summed E-state index contributed by atoms with van der Waals surface area (Å²) in [6.07, 6.45) is 7.28. The molecule has 1 heterocycles. The average Bonchev–Trinajstić information content (AvgIpc) is 2.69. The van der Waals surface area contributed by atoms with Crippen molar-refractivity contribution in [2.45, 2.75) is 37.4 Å². The van der Waals surface area contributed by atoms with Gasteiger partial charge in [0, 0.05) is 18.3 Å². The second-order valence-electron chi connectivity index (χ2n) is 5.21. The highest BCUT2D eigenvalue weighted by Crippen LogP contribution is 2.38. The van der Waals surface area contributed by atoms with Crippen molar-refractivity contribution in [1.82, 2.24) is 14.5 Å². The molecular formula is C12H22N4O. The van der Waals surface area contributed by atoms with Crippen LogP contribution < -0.4 is 5.73 Å². The number of nitrogens with two attached hydrogens (primary N) is 1. The highest BCUT2D eigenvalue weighted by Gasteiger charge is 2.39. The van der Waals surface area contributed by atoms with E-state index in [-0.39, 0.29) is 18.2 Å². The minimum Gasteiger partial charge on any atom is -0.394 e. The first-order valence-electron chi connectivity index (χ1n) is 6.13. The fraction of sp³-hybridized carbons (Fsp3) is 0.750. The van der Waals surface area contributed by atoms with E-state index in [1.54, 1.807) is 6.20 Å². The Morgan fingerprint density at radius 3 is 2.76 bits per heavy atom. The molecule has 3 N–H and O–H groups in total. The van der Waals surface area contributed by atoms with E-state index in [1.807, 2.05) is 6.33 Å². The first-order chi connectivity index (χ1) is 8.09. The van der Waals surface area contributed by atoms with Crippen molar-refractivity contribution in [2.24, 2.45) is 5.73 Å². The standard InChI is InChI=1S/C12H22N4O/c1-15(2)12(4-3-5-12)8-16-9-14-6-11(16)10(13)7-17/h6,9-10,17H,3-5,7-8,13H2,1-2H3. The molecule has 96 valence electrons. The summed E-state index contributed by atoms with van der Waals surface area (Å²) in [4.78, 5) is 6.44. The highest BCUT2D eigenvalue weighted by atomic mass is 16.3. The van der Waals surface area contributed by atoms with Gasteiger partial charge in [-0.15, -0.1) is 0 Å². The van der Waals surface area contributed by atoms with Gasteiger partial charge in [-0.3, -0.25) is 0 Å². The quantitative estimate of drug-likeness (QED) is 0.777. The summed E-state index contributed by atoms with van der Waals surface area (Å²) in [5, 5.41) is 9.13. The van der Waals surface area contributed by atoms with E-state index < -0.39 is 0 Å². The van der Waals surface area contributed by atoms with Crippen LogP contribution >= 0.6 is 0 Å². The molecule has 2 rings (SSSR count). The molecule has 0 amide bonds. The lowest BCUT2D eigenvalue weighted by molar-refractivity contribution is 0.0411. The molecular weight excluding hydrogens is 216 g/mol. The van der Waals surface area contributed by atoms with Crippen LogP contribution in [0.25, 0.3) is 0 Å². The van der Waals surface area contributed by atoms with Crippen molar-refractivity contribution in [3.05, 3.63) is 18.2 Å². The van der Waals surface area contributed by atoms with E-state index in [2.05, 4.69) is 28.5 Å². The molecule has 0 aliphatic heterocycles. The molecule has 17 heavy (non-hydrogen) atoms.